The van der Waals surface area contributed by atoms with Crippen molar-refractivity contribution in [1.82, 2.24) is 9.97 Å². The van der Waals surface area contributed by atoms with E-state index in [1.807, 2.05) is 60.7 Å². The Morgan fingerprint density at radius 3 is 1.52 bits per heavy atom. The van der Waals surface area contributed by atoms with E-state index < -0.39 is 16.4 Å². The minimum atomic E-state index is -4.67. The fourth-order valence-electron chi connectivity index (χ4n) is 2.70. The number of aromatic nitrogens is 2. The SMILES string of the molecule is NC(=O)N(c1ccc2ccccc2n1)c1ccc2ccccc2n1.O=S(=O)(O)O. The Labute approximate surface area is 166 Å². The second-order valence-corrected chi connectivity index (χ2v) is 6.74. The second-order valence-electron chi connectivity index (χ2n) is 5.85. The van der Waals surface area contributed by atoms with Gasteiger partial charge in [-0.05, 0) is 36.4 Å². The summed E-state index contributed by atoms with van der Waals surface area (Å²) in [5, 5.41) is 1.99. The van der Waals surface area contributed by atoms with Gasteiger partial charge >= 0.3 is 16.4 Å². The van der Waals surface area contributed by atoms with Gasteiger partial charge in [0.1, 0.15) is 11.6 Å². The number of hydrogen-bond donors (Lipinski definition) is 3. The van der Waals surface area contributed by atoms with Crippen LogP contribution in [0.15, 0.2) is 72.8 Å². The van der Waals surface area contributed by atoms with Crippen LogP contribution in [-0.4, -0.2) is 33.5 Å². The number of carbonyl (C=O) groups excluding carboxylic acids is 1. The molecular weight excluding hydrogens is 396 g/mol. The van der Waals surface area contributed by atoms with E-state index >= 15 is 0 Å². The highest BCUT2D eigenvalue weighted by molar-refractivity contribution is 7.79. The summed E-state index contributed by atoms with van der Waals surface area (Å²) in [5.41, 5.74) is 7.18. The Kier molecular flexibility index (Phi) is 5.69. The third-order valence-electron chi connectivity index (χ3n) is 3.85. The highest BCUT2D eigenvalue weighted by Crippen LogP contribution is 2.26. The van der Waals surface area contributed by atoms with Crippen LogP contribution in [0.25, 0.3) is 21.8 Å². The molecule has 0 aliphatic rings. The number of nitrogens with zero attached hydrogens (tertiary/aromatic N) is 3. The molecule has 0 bridgehead atoms. The molecule has 0 unspecified atom stereocenters. The number of para-hydroxylation sites is 2. The zero-order valence-electron chi connectivity index (χ0n) is 14.9. The highest BCUT2D eigenvalue weighted by Gasteiger charge is 2.18. The molecule has 4 aromatic rings. The molecule has 148 valence electrons. The zero-order valence-corrected chi connectivity index (χ0v) is 15.7. The summed E-state index contributed by atoms with van der Waals surface area (Å²) >= 11 is 0. The lowest BCUT2D eigenvalue weighted by molar-refractivity contribution is 0.256. The van der Waals surface area contributed by atoms with Crippen molar-refractivity contribution in [3.8, 4) is 0 Å². The van der Waals surface area contributed by atoms with Gasteiger partial charge in [-0.1, -0.05) is 36.4 Å². The normalized spacial score (nSPS) is 11.0. The molecule has 0 saturated heterocycles. The number of nitrogens with two attached hydrogens (primary N) is 1. The highest BCUT2D eigenvalue weighted by atomic mass is 32.3. The third kappa shape index (κ3) is 5.23. The van der Waals surface area contributed by atoms with E-state index in [0.29, 0.717) is 11.6 Å². The number of urea groups is 1. The average molecular weight is 412 g/mol. The molecule has 4 N–H and O–H groups in total. The molecular formula is C19H16N4O5S. The maximum absolute atomic E-state index is 12.0. The Hall–Kier alpha value is -3.60. The Bertz CT molecular complexity index is 1210. The fourth-order valence-corrected chi connectivity index (χ4v) is 2.70. The number of benzene rings is 2. The van der Waals surface area contributed by atoms with Gasteiger partial charge in [-0.2, -0.15) is 8.42 Å². The summed E-state index contributed by atoms with van der Waals surface area (Å²) in [4.78, 5) is 22.4. The van der Waals surface area contributed by atoms with Crippen LogP contribution in [0.2, 0.25) is 0 Å². The zero-order chi connectivity index (χ0) is 21.0. The molecule has 10 heteroatoms. The number of carbonyl (C=O) groups is 1. The third-order valence-corrected chi connectivity index (χ3v) is 3.85. The van der Waals surface area contributed by atoms with Gasteiger partial charge in [-0.3, -0.25) is 9.11 Å². The molecule has 2 heterocycles. The number of fused-ring (bicyclic) bond motifs is 2. The van der Waals surface area contributed by atoms with Crippen molar-refractivity contribution >= 4 is 49.9 Å². The number of pyridine rings is 2. The quantitative estimate of drug-likeness (QED) is 0.428. The van der Waals surface area contributed by atoms with Gasteiger partial charge in [0.05, 0.1) is 11.0 Å². The minimum Gasteiger partial charge on any atom is -0.351 e. The first-order valence-corrected chi connectivity index (χ1v) is 9.63. The monoisotopic (exact) mass is 412 g/mol. The summed E-state index contributed by atoms with van der Waals surface area (Å²) in [6, 6.07) is 22.2. The number of rotatable bonds is 2. The van der Waals surface area contributed by atoms with Gasteiger partial charge in [0.2, 0.25) is 0 Å². The minimum absolute atomic E-state index is 0.448. The molecule has 4 rings (SSSR count). The van der Waals surface area contributed by atoms with E-state index in [0.717, 1.165) is 21.8 Å². The van der Waals surface area contributed by atoms with Crippen LogP contribution in [0.3, 0.4) is 0 Å². The first kappa shape index (κ1) is 20.1. The van der Waals surface area contributed by atoms with E-state index in [1.165, 1.54) is 4.90 Å². The molecule has 0 fully saturated rings. The number of hydrogen-bond acceptors (Lipinski definition) is 5. The molecule has 0 spiro atoms. The predicted octanol–water partition coefficient (Wildman–Crippen LogP) is 3.35. The van der Waals surface area contributed by atoms with Crippen LogP contribution in [0, 0.1) is 0 Å². The Morgan fingerprint density at radius 2 is 1.14 bits per heavy atom. The summed E-state index contributed by atoms with van der Waals surface area (Å²) < 4.78 is 31.6. The topological polar surface area (TPSA) is 147 Å². The smallest absolute Gasteiger partial charge is 0.351 e. The van der Waals surface area contributed by atoms with E-state index in [9.17, 15) is 4.79 Å². The molecule has 0 atom stereocenters. The Balaban J connectivity index is 0.000000431. The summed E-state index contributed by atoms with van der Waals surface area (Å²) in [7, 11) is -4.67. The standard InChI is InChI=1S/C19H14N4O.H2O4S/c20-19(24)23(17-11-9-13-5-1-3-7-15(13)21-17)18-12-10-14-6-2-4-8-16(14)22-18;1-5(2,3)4/h1-12H,(H2,20,24);(H2,1,2,3,4). The molecule has 0 aliphatic carbocycles. The first-order valence-electron chi connectivity index (χ1n) is 8.23. The van der Waals surface area contributed by atoms with E-state index in [-0.39, 0.29) is 0 Å². The maximum Gasteiger partial charge on any atom is 0.394 e. The fraction of sp³-hybridized carbons (Fsp3) is 0. The van der Waals surface area contributed by atoms with Gasteiger partial charge in [0, 0.05) is 10.8 Å². The van der Waals surface area contributed by atoms with Crippen molar-refractivity contribution in [2.75, 3.05) is 4.90 Å². The van der Waals surface area contributed by atoms with Crippen LogP contribution in [-0.2, 0) is 10.4 Å². The molecule has 2 aromatic carbocycles. The largest absolute Gasteiger partial charge is 0.394 e. The van der Waals surface area contributed by atoms with Crippen molar-refractivity contribution in [2.45, 2.75) is 0 Å². The van der Waals surface area contributed by atoms with Crippen LogP contribution in [0.5, 0.6) is 0 Å². The van der Waals surface area contributed by atoms with Crippen LogP contribution in [0.4, 0.5) is 16.4 Å². The van der Waals surface area contributed by atoms with Gasteiger partial charge < -0.3 is 5.73 Å². The lowest BCUT2D eigenvalue weighted by atomic mass is 10.2. The summed E-state index contributed by atoms with van der Waals surface area (Å²) in [5.74, 6) is 0.896. The molecule has 29 heavy (non-hydrogen) atoms. The first-order chi connectivity index (χ1) is 13.7. The van der Waals surface area contributed by atoms with Gasteiger partial charge in [0.25, 0.3) is 0 Å². The average Bonchev–Trinajstić information content (AvgIpc) is 2.66. The van der Waals surface area contributed by atoms with Gasteiger partial charge in [-0.15, -0.1) is 0 Å². The van der Waals surface area contributed by atoms with Crippen molar-refractivity contribution in [1.29, 1.82) is 0 Å². The molecule has 9 nitrogen and oxygen atoms in total. The molecule has 0 radical (unpaired) electrons. The molecule has 2 amide bonds. The van der Waals surface area contributed by atoms with Crippen LogP contribution in [0.1, 0.15) is 0 Å². The molecule has 2 aromatic heterocycles. The Morgan fingerprint density at radius 1 is 0.759 bits per heavy atom. The van der Waals surface area contributed by atoms with Crippen molar-refractivity contribution in [3.63, 3.8) is 0 Å². The van der Waals surface area contributed by atoms with Crippen LogP contribution >= 0.6 is 0 Å². The van der Waals surface area contributed by atoms with Crippen molar-refractivity contribution < 1.29 is 22.3 Å². The molecule has 0 saturated carbocycles. The predicted molar refractivity (Wildman–Crippen MR) is 109 cm³/mol. The number of primary amides is 1. The maximum atomic E-state index is 12.0. The van der Waals surface area contributed by atoms with Crippen LogP contribution < -0.4 is 10.6 Å². The number of amides is 2. The lowest BCUT2D eigenvalue weighted by Gasteiger charge is -2.19. The second kappa shape index (κ2) is 8.19. The van der Waals surface area contributed by atoms with E-state index in [4.69, 9.17) is 23.3 Å². The van der Waals surface area contributed by atoms with E-state index in [1.54, 1.807) is 12.1 Å². The molecule has 0 aliphatic heterocycles. The van der Waals surface area contributed by atoms with Gasteiger partial charge in [-0.25, -0.2) is 19.7 Å². The van der Waals surface area contributed by atoms with E-state index in [2.05, 4.69) is 9.97 Å². The lowest BCUT2D eigenvalue weighted by Crippen LogP contribution is -2.32. The van der Waals surface area contributed by atoms with Crippen molar-refractivity contribution in [3.05, 3.63) is 72.8 Å². The summed E-state index contributed by atoms with van der Waals surface area (Å²) in [6.07, 6.45) is 0. The van der Waals surface area contributed by atoms with Crippen molar-refractivity contribution in [2.24, 2.45) is 5.73 Å². The number of anilines is 2. The summed E-state index contributed by atoms with van der Waals surface area (Å²) in [6.45, 7) is 0. The van der Waals surface area contributed by atoms with Gasteiger partial charge in [0.15, 0.2) is 0 Å².